The molecule has 0 saturated heterocycles. The summed E-state index contributed by atoms with van der Waals surface area (Å²) in [7, 11) is 1.34. The largest absolute Gasteiger partial charge is 0.504 e. The number of hydrogen-bond donors (Lipinski definition) is 4. The number of anilines is 1. The number of aromatic nitrogens is 2. The molecule has 0 amide bonds. The summed E-state index contributed by atoms with van der Waals surface area (Å²) in [6.45, 7) is 0. The van der Waals surface area contributed by atoms with Crippen LogP contribution in [0.1, 0.15) is 10.4 Å². The third-order valence-electron chi connectivity index (χ3n) is 2.51. The molecule has 0 aliphatic heterocycles. The van der Waals surface area contributed by atoms with Crippen molar-refractivity contribution in [3.8, 4) is 22.6 Å². The van der Waals surface area contributed by atoms with Gasteiger partial charge in [-0.25, -0.2) is 4.79 Å². The molecule has 2 rings (SSSR count). The summed E-state index contributed by atoms with van der Waals surface area (Å²) in [5.74, 6) is -1.31. The predicted molar refractivity (Wildman–Crippen MR) is 63.6 cm³/mol. The molecule has 5 N–H and O–H groups in total. The van der Waals surface area contributed by atoms with E-state index >= 15 is 0 Å². The van der Waals surface area contributed by atoms with Crippen LogP contribution in [0.4, 0.5) is 5.82 Å². The van der Waals surface area contributed by atoms with E-state index in [1.54, 1.807) is 0 Å². The number of nitrogens with one attached hydrogen (secondary N) is 1. The second-order valence-corrected chi connectivity index (χ2v) is 3.58. The molecule has 0 radical (unpaired) electrons. The maximum absolute atomic E-state index is 11.0. The van der Waals surface area contributed by atoms with E-state index in [1.807, 2.05) is 0 Å². The Morgan fingerprint density at radius 1 is 1.50 bits per heavy atom. The van der Waals surface area contributed by atoms with Crippen molar-refractivity contribution >= 4 is 11.8 Å². The minimum atomic E-state index is -1.25. The number of aromatic amines is 1. The lowest BCUT2D eigenvalue weighted by atomic mass is 10.0. The SMILES string of the molecule is COc1cc(-c2cn[nH]c2N)cc(C(=O)O)c1O. The van der Waals surface area contributed by atoms with E-state index in [9.17, 15) is 9.90 Å². The number of carboxylic acids is 1. The van der Waals surface area contributed by atoms with Crippen molar-refractivity contribution in [1.82, 2.24) is 10.2 Å². The Labute approximate surface area is 102 Å². The lowest BCUT2D eigenvalue weighted by Gasteiger charge is -2.09. The third-order valence-corrected chi connectivity index (χ3v) is 2.51. The van der Waals surface area contributed by atoms with Crippen molar-refractivity contribution in [2.45, 2.75) is 0 Å². The Bertz CT molecular complexity index is 606. The maximum Gasteiger partial charge on any atom is 0.339 e. The summed E-state index contributed by atoms with van der Waals surface area (Å²) in [4.78, 5) is 11.0. The van der Waals surface area contributed by atoms with Crippen molar-refractivity contribution in [2.24, 2.45) is 0 Å². The van der Waals surface area contributed by atoms with Gasteiger partial charge in [-0.2, -0.15) is 5.10 Å². The van der Waals surface area contributed by atoms with Crippen molar-refractivity contribution in [3.63, 3.8) is 0 Å². The number of aromatic carboxylic acids is 1. The summed E-state index contributed by atoms with van der Waals surface area (Å²) in [5.41, 5.74) is 6.43. The zero-order chi connectivity index (χ0) is 13.3. The lowest BCUT2D eigenvalue weighted by molar-refractivity contribution is 0.0693. The van der Waals surface area contributed by atoms with Crippen LogP contribution in [0, 0.1) is 0 Å². The standard InChI is InChI=1S/C11H11N3O4/c1-18-8-3-5(7-4-13-14-10(7)12)2-6(9(8)15)11(16)17/h2-4,15H,1H3,(H,16,17)(H3,12,13,14). The monoisotopic (exact) mass is 249 g/mol. The first-order chi connectivity index (χ1) is 8.54. The van der Waals surface area contributed by atoms with E-state index in [2.05, 4.69) is 10.2 Å². The molecule has 1 heterocycles. The number of aromatic hydroxyl groups is 1. The number of ether oxygens (including phenoxy) is 1. The van der Waals surface area contributed by atoms with E-state index in [0.717, 1.165) is 0 Å². The molecule has 7 nitrogen and oxygen atoms in total. The molecule has 0 bridgehead atoms. The van der Waals surface area contributed by atoms with Gasteiger partial charge in [0.25, 0.3) is 0 Å². The Hall–Kier alpha value is -2.70. The first-order valence-corrected chi connectivity index (χ1v) is 4.98. The second kappa shape index (κ2) is 4.28. The van der Waals surface area contributed by atoms with Gasteiger partial charge in [-0.15, -0.1) is 0 Å². The smallest absolute Gasteiger partial charge is 0.339 e. The Morgan fingerprint density at radius 2 is 2.22 bits per heavy atom. The number of phenols is 1. The van der Waals surface area contributed by atoms with Crippen molar-refractivity contribution in [1.29, 1.82) is 0 Å². The number of nitrogens with zero attached hydrogens (tertiary/aromatic N) is 1. The fraction of sp³-hybridized carbons (Fsp3) is 0.0909. The molecule has 0 spiro atoms. The molecular formula is C11H11N3O4. The van der Waals surface area contributed by atoms with Crippen molar-refractivity contribution in [2.75, 3.05) is 12.8 Å². The maximum atomic E-state index is 11.0. The molecule has 1 aromatic carbocycles. The Kier molecular flexibility index (Phi) is 2.80. The van der Waals surface area contributed by atoms with E-state index in [1.165, 1.54) is 25.4 Å². The van der Waals surface area contributed by atoms with Gasteiger partial charge >= 0.3 is 5.97 Å². The van der Waals surface area contributed by atoms with E-state index in [-0.39, 0.29) is 11.3 Å². The second-order valence-electron chi connectivity index (χ2n) is 3.58. The Morgan fingerprint density at radius 3 is 2.72 bits per heavy atom. The summed E-state index contributed by atoms with van der Waals surface area (Å²) in [5, 5.41) is 25.0. The lowest BCUT2D eigenvalue weighted by Crippen LogP contribution is -1.99. The van der Waals surface area contributed by atoms with Crippen molar-refractivity contribution < 1.29 is 19.7 Å². The number of carbonyl (C=O) groups is 1. The summed E-state index contributed by atoms with van der Waals surface area (Å²) in [6, 6.07) is 2.80. The van der Waals surface area contributed by atoms with Crippen LogP contribution in [0.3, 0.4) is 0 Å². The molecule has 2 aromatic rings. The molecule has 0 aliphatic carbocycles. The zero-order valence-corrected chi connectivity index (χ0v) is 9.47. The Balaban J connectivity index is 2.67. The van der Waals surface area contributed by atoms with E-state index < -0.39 is 11.7 Å². The molecule has 0 saturated carbocycles. The normalized spacial score (nSPS) is 10.3. The van der Waals surface area contributed by atoms with E-state index in [4.69, 9.17) is 15.6 Å². The summed E-state index contributed by atoms with van der Waals surface area (Å²) < 4.78 is 4.93. The van der Waals surface area contributed by atoms with E-state index in [0.29, 0.717) is 16.9 Å². The van der Waals surface area contributed by atoms with Gasteiger partial charge in [0.2, 0.25) is 0 Å². The number of nitrogens with two attached hydrogens (primary N) is 1. The highest BCUT2D eigenvalue weighted by atomic mass is 16.5. The van der Waals surface area contributed by atoms with Crippen LogP contribution in [-0.4, -0.2) is 33.5 Å². The minimum Gasteiger partial charge on any atom is -0.504 e. The fourth-order valence-electron chi connectivity index (χ4n) is 1.61. The number of methoxy groups -OCH3 is 1. The number of rotatable bonds is 3. The van der Waals surface area contributed by atoms with Gasteiger partial charge in [0, 0.05) is 5.56 Å². The first-order valence-electron chi connectivity index (χ1n) is 4.98. The number of benzene rings is 1. The van der Waals surface area contributed by atoms with Crippen LogP contribution < -0.4 is 10.5 Å². The number of nitrogen functional groups attached to an aromatic ring is 1. The average molecular weight is 249 g/mol. The molecule has 0 aliphatic rings. The molecular weight excluding hydrogens is 238 g/mol. The average Bonchev–Trinajstić information content (AvgIpc) is 2.75. The van der Waals surface area contributed by atoms with Crippen molar-refractivity contribution in [3.05, 3.63) is 23.9 Å². The van der Waals surface area contributed by atoms with Crippen LogP contribution >= 0.6 is 0 Å². The highest BCUT2D eigenvalue weighted by molar-refractivity contribution is 5.94. The highest BCUT2D eigenvalue weighted by Gasteiger charge is 2.18. The van der Waals surface area contributed by atoms with Gasteiger partial charge in [-0.1, -0.05) is 0 Å². The quantitative estimate of drug-likeness (QED) is 0.645. The minimum absolute atomic E-state index is 0.0606. The third kappa shape index (κ3) is 1.81. The van der Waals surface area contributed by atoms with Gasteiger partial charge in [-0.05, 0) is 17.7 Å². The van der Waals surface area contributed by atoms with Crippen LogP contribution in [0.15, 0.2) is 18.3 Å². The van der Waals surface area contributed by atoms with Gasteiger partial charge < -0.3 is 20.7 Å². The molecule has 0 fully saturated rings. The number of carboxylic acid groups (broad SMARTS) is 1. The zero-order valence-electron chi connectivity index (χ0n) is 9.47. The molecule has 1 aromatic heterocycles. The molecule has 18 heavy (non-hydrogen) atoms. The van der Waals surface area contributed by atoms with Gasteiger partial charge in [0.15, 0.2) is 11.5 Å². The van der Waals surface area contributed by atoms with Gasteiger partial charge in [0.1, 0.15) is 11.4 Å². The van der Waals surface area contributed by atoms with Crippen LogP contribution in [-0.2, 0) is 0 Å². The van der Waals surface area contributed by atoms with Gasteiger partial charge in [0.05, 0.1) is 13.3 Å². The number of hydrogen-bond acceptors (Lipinski definition) is 5. The van der Waals surface area contributed by atoms with Gasteiger partial charge in [-0.3, -0.25) is 5.10 Å². The molecule has 94 valence electrons. The topological polar surface area (TPSA) is 121 Å². The highest BCUT2D eigenvalue weighted by Crippen LogP contribution is 2.36. The first kappa shape index (κ1) is 11.8. The summed E-state index contributed by atoms with van der Waals surface area (Å²) >= 11 is 0. The summed E-state index contributed by atoms with van der Waals surface area (Å²) in [6.07, 6.45) is 1.47. The number of H-pyrrole nitrogens is 1. The fourth-order valence-corrected chi connectivity index (χ4v) is 1.61. The molecule has 0 unspecified atom stereocenters. The van der Waals surface area contributed by atoms with Crippen LogP contribution in [0.2, 0.25) is 0 Å². The molecule has 0 atom stereocenters. The van der Waals surface area contributed by atoms with Crippen LogP contribution in [0.25, 0.3) is 11.1 Å². The van der Waals surface area contributed by atoms with Crippen LogP contribution in [0.5, 0.6) is 11.5 Å². The predicted octanol–water partition coefficient (Wildman–Crippen LogP) is 1.07. The molecule has 7 heteroatoms.